The van der Waals surface area contributed by atoms with Crippen LogP contribution in [0.25, 0.3) is 0 Å². The summed E-state index contributed by atoms with van der Waals surface area (Å²) in [6.45, 7) is 0. The molecule has 0 amide bonds. The number of anilines is 1. The summed E-state index contributed by atoms with van der Waals surface area (Å²) in [6.07, 6.45) is -4.45. The minimum absolute atomic E-state index is 0.0337. The van der Waals surface area contributed by atoms with Crippen LogP contribution in [-0.4, -0.2) is 5.11 Å². The maximum atomic E-state index is 12.1. The number of nitrogens with two attached hydrogens (primary N) is 1. The van der Waals surface area contributed by atoms with Crippen molar-refractivity contribution in [3.8, 4) is 5.75 Å². The molecule has 1 aromatic carbocycles. The molecule has 0 aromatic heterocycles. The number of hydrogen-bond donors (Lipinski definition) is 2. The summed E-state index contributed by atoms with van der Waals surface area (Å²) in [7, 11) is 0. The maximum absolute atomic E-state index is 12.1. The second-order valence-electron chi connectivity index (χ2n) is 2.39. The van der Waals surface area contributed by atoms with Crippen molar-refractivity contribution in [2.45, 2.75) is 6.18 Å². The van der Waals surface area contributed by atoms with Gasteiger partial charge in [-0.05, 0) is 34.7 Å². The molecule has 0 bridgehead atoms. The number of alkyl halides is 3. The highest BCUT2D eigenvalue weighted by Crippen LogP contribution is 2.36. The number of rotatable bonds is 0. The lowest BCUT2D eigenvalue weighted by Gasteiger charge is -2.09. The molecule has 6 heteroatoms. The van der Waals surface area contributed by atoms with E-state index in [0.29, 0.717) is 6.07 Å². The highest BCUT2D eigenvalue weighted by atomic mass is 127. The number of benzene rings is 1. The van der Waals surface area contributed by atoms with E-state index in [1.54, 1.807) is 22.6 Å². The number of hydrogen-bond acceptors (Lipinski definition) is 2. The summed E-state index contributed by atoms with van der Waals surface area (Å²) in [5.74, 6) is -0.542. The number of phenols is 1. The molecule has 0 saturated heterocycles. The molecule has 1 rings (SSSR count). The first-order chi connectivity index (χ1) is 5.82. The van der Waals surface area contributed by atoms with E-state index >= 15 is 0 Å². The molecule has 1 aromatic rings. The van der Waals surface area contributed by atoms with Gasteiger partial charge in [0.15, 0.2) is 0 Å². The molecule has 0 aliphatic heterocycles. The van der Waals surface area contributed by atoms with Gasteiger partial charge in [0, 0.05) is 3.57 Å². The van der Waals surface area contributed by atoms with E-state index in [9.17, 15) is 13.2 Å². The quantitative estimate of drug-likeness (QED) is 0.440. The largest absolute Gasteiger partial charge is 0.506 e. The van der Waals surface area contributed by atoms with Gasteiger partial charge in [-0.1, -0.05) is 0 Å². The molecule has 0 unspecified atom stereocenters. The Morgan fingerprint density at radius 3 is 2.23 bits per heavy atom. The number of phenolic OH excluding ortho intramolecular Hbond substituents is 1. The molecule has 0 radical (unpaired) electrons. The van der Waals surface area contributed by atoms with E-state index in [0.717, 1.165) is 6.07 Å². The minimum atomic E-state index is -4.45. The first kappa shape index (κ1) is 10.4. The van der Waals surface area contributed by atoms with Gasteiger partial charge < -0.3 is 10.8 Å². The van der Waals surface area contributed by atoms with Crippen LogP contribution in [0, 0.1) is 3.57 Å². The lowest BCUT2D eigenvalue weighted by molar-refractivity contribution is -0.137. The molecule has 0 fully saturated rings. The Morgan fingerprint density at radius 2 is 1.85 bits per heavy atom. The van der Waals surface area contributed by atoms with Gasteiger partial charge in [0.25, 0.3) is 0 Å². The van der Waals surface area contributed by atoms with E-state index in [-0.39, 0.29) is 9.26 Å². The molecule has 0 atom stereocenters. The van der Waals surface area contributed by atoms with Crippen LogP contribution in [0.3, 0.4) is 0 Å². The zero-order valence-corrected chi connectivity index (χ0v) is 8.35. The van der Waals surface area contributed by atoms with E-state index in [1.165, 1.54) is 0 Å². The number of nitrogen functional groups attached to an aromatic ring is 1. The third-order valence-electron chi connectivity index (χ3n) is 1.44. The molecular formula is C7H5F3INO. The predicted octanol–water partition coefficient (Wildman–Crippen LogP) is 2.60. The van der Waals surface area contributed by atoms with E-state index < -0.39 is 17.5 Å². The third-order valence-corrected chi connectivity index (χ3v) is 2.33. The summed E-state index contributed by atoms with van der Waals surface area (Å²) < 4.78 is 36.6. The fourth-order valence-electron chi connectivity index (χ4n) is 0.767. The molecule has 0 spiro atoms. The Hall–Kier alpha value is -0.660. The average Bonchev–Trinajstić information content (AvgIpc) is 1.97. The number of aromatic hydroxyl groups is 1. The molecule has 0 aliphatic carbocycles. The van der Waals surface area contributed by atoms with Crippen LogP contribution in [0.5, 0.6) is 5.75 Å². The standard InChI is InChI=1S/C7H5F3INO/c8-7(9,10)3-1-4(11)6(12)5(13)2-3/h1-2,13H,12H2. The number of halogens is 4. The van der Waals surface area contributed by atoms with Crippen LogP contribution in [-0.2, 0) is 6.18 Å². The summed E-state index contributed by atoms with van der Waals surface area (Å²) in [6, 6.07) is 1.49. The first-order valence-corrected chi connectivity index (χ1v) is 4.25. The lowest BCUT2D eigenvalue weighted by Crippen LogP contribution is -2.06. The summed E-state index contributed by atoms with van der Waals surface area (Å²) in [5, 5.41) is 9.01. The van der Waals surface area contributed by atoms with E-state index in [4.69, 9.17) is 10.8 Å². The van der Waals surface area contributed by atoms with Crippen molar-refractivity contribution in [2.24, 2.45) is 0 Å². The van der Waals surface area contributed by atoms with Crippen molar-refractivity contribution in [3.63, 3.8) is 0 Å². The summed E-state index contributed by atoms with van der Waals surface area (Å²) in [4.78, 5) is 0. The zero-order valence-electron chi connectivity index (χ0n) is 6.19. The predicted molar refractivity (Wildman–Crippen MR) is 50.2 cm³/mol. The van der Waals surface area contributed by atoms with E-state index in [1.807, 2.05) is 0 Å². The van der Waals surface area contributed by atoms with Crippen molar-refractivity contribution in [3.05, 3.63) is 21.3 Å². The Labute approximate surface area is 85.7 Å². The zero-order chi connectivity index (χ0) is 10.2. The lowest BCUT2D eigenvalue weighted by atomic mass is 10.2. The van der Waals surface area contributed by atoms with Crippen LogP contribution < -0.4 is 5.73 Å². The summed E-state index contributed by atoms with van der Waals surface area (Å²) >= 11 is 1.63. The van der Waals surface area contributed by atoms with Crippen LogP contribution >= 0.6 is 22.6 Å². The Kier molecular flexibility index (Phi) is 2.60. The SMILES string of the molecule is Nc1c(O)cc(C(F)(F)F)cc1I. The second kappa shape index (κ2) is 3.24. The van der Waals surface area contributed by atoms with Crippen molar-refractivity contribution in [2.75, 3.05) is 5.73 Å². The van der Waals surface area contributed by atoms with Crippen LogP contribution in [0.1, 0.15) is 5.56 Å². The highest BCUT2D eigenvalue weighted by molar-refractivity contribution is 14.1. The monoisotopic (exact) mass is 303 g/mol. The molecule has 72 valence electrons. The molecular weight excluding hydrogens is 298 g/mol. The molecule has 2 nitrogen and oxygen atoms in total. The molecule has 3 N–H and O–H groups in total. The Balaban J connectivity index is 3.29. The van der Waals surface area contributed by atoms with Gasteiger partial charge in [0.2, 0.25) is 0 Å². The average molecular weight is 303 g/mol. The maximum Gasteiger partial charge on any atom is 0.416 e. The van der Waals surface area contributed by atoms with Gasteiger partial charge in [-0.3, -0.25) is 0 Å². The van der Waals surface area contributed by atoms with Gasteiger partial charge in [0.1, 0.15) is 5.75 Å². The van der Waals surface area contributed by atoms with Gasteiger partial charge in [-0.15, -0.1) is 0 Å². The summed E-state index contributed by atoms with van der Waals surface area (Å²) in [5.41, 5.74) is 4.34. The van der Waals surface area contributed by atoms with E-state index in [2.05, 4.69) is 0 Å². The highest BCUT2D eigenvalue weighted by Gasteiger charge is 2.31. The van der Waals surface area contributed by atoms with Crippen LogP contribution in [0.4, 0.5) is 18.9 Å². The van der Waals surface area contributed by atoms with Crippen molar-refractivity contribution in [1.29, 1.82) is 0 Å². The molecule has 13 heavy (non-hydrogen) atoms. The molecule has 0 aliphatic rings. The molecule has 0 heterocycles. The smallest absolute Gasteiger partial charge is 0.416 e. The second-order valence-corrected chi connectivity index (χ2v) is 3.55. The molecule has 0 saturated carbocycles. The van der Waals surface area contributed by atoms with Gasteiger partial charge in [0.05, 0.1) is 11.3 Å². The first-order valence-electron chi connectivity index (χ1n) is 3.17. The Morgan fingerprint density at radius 1 is 1.31 bits per heavy atom. The fraction of sp³-hybridized carbons (Fsp3) is 0.143. The third kappa shape index (κ3) is 2.17. The van der Waals surface area contributed by atoms with Crippen molar-refractivity contribution < 1.29 is 18.3 Å². The van der Waals surface area contributed by atoms with Crippen molar-refractivity contribution >= 4 is 28.3 Å². The fourth-order valence-corrected chi connectivity index (χ4v) is 1.38. The van der Waals surface area contributed by atoms with Gasteiger partial charge in [-0.2, -0.15) is 13.2 Å². The van der Waals surface area contributed by atoms with Crippen molar-refractivity contribution in [1.82, 2.24) is 0 Å². The van der Waals surface area contributed by atoms with Gasteiger partial charge >= 0.3 is 6.18 Å². The normalized spacial score (nSPS) is 11.7. The van der Waals surface area contributed by atoms with Crippen LogP contribution in [0.2, 0.25) is 0 Å². The topological polar surface area (TPSA) is 46.2 Å². The van der Waals surface area contributed by atoms with Gasteiger partial charge in [-0.25, -0.2) is 0 Å². The Bertz CT molecular complexity index is 314. The minimum Gasteiger partial charge on any atom is -0.506 e. The van der Waals surface area contributed by atoms with Crippen LogP contribution in [0.15, 0.2) is 12.1 Å².